The van der Waals surface area contributed by atoms with Crippen molar-refractivity contribution >= 4 is 28.2 Å². The summed E-state index contributed by atoms with van der Waals surface area (Å²) in [6.07, 6.45) is 5.49. The van der Waals surface area contributed by atoms with Crippen LogP contribution >= 0.6 is 0 Å². The van der Waals surface area contributed by atoms with E-state index in [-0.39, 0.29) is 11.6 Å². The predicted molar refractivity (Wildman–Crippen MR) is 146 cm³/mol. The predicted octanol–water partition coefficient (Wildman–Crippen LogP) is 5.50. The molecule has 6 rings (SSSR count). The van der Waals surface area contributed by atoms with Gasteiger partial charge in [-0.05, 0) is 67.1 Å². The minimum Gasteiger partial charge on any atom is -0.457 e. The van der Waals surface area contributed by atoms with Crippen LogP contribution in [-0.4, -0.2) is 32.8 Å². The van der Waals surface area contributed by atoms with Gasteiger partial charge in [0.2, 0.25) is 5.78 Å². The molecule has 0 fully saturated rings. The van der Waals surface area contributed by atoms with Gasteiger partial charge in [-0.3, -0.25) is 9.79 Å². The van der Waals surface area contributed by atoms with Crippen LogP contribution in [0.1, 0.15) is 32.7 Å². The van der Waals surface area contributed by atoms with Gasteiger partial charge >= 0.3 is 0 Å². The molecule has 0 spiro atoms. The topological polar surface area (TPSA) is 122 Å². The molecule has 184 valence electrons. The average Bonchev–Trinajstić information content (AvgIpc) is 3.69. The highest BCUT2D eigenvalue weighted by molar-refractivity contribution is 6.19. The third-order valence-electron chi connectivity index (χ3n) is 6.47. The Morgan fingerprint density at radius 3 is 2.74 bits per heavy atom. The summed E-state index contributed by atoms with van der Waals surface area (Å²) in [6.45, 7) is 2.58. The fourth-order valence-corrected chi connectivity index (χ4v) is 4.61. The SMILES string of the molecule is Cc1cc(Oc2cccc(C#N)c2)ccc1-n1ncc(C(=O)c2cc3c(C4=NCC=C4)cccc3[nH]2)c1N. The van der Waals surface area contributed by atoms with E-state index in [0.29, 0.717) is 34.9 Å². The number of nitrogens with two attached hydrogens (primary N) is 1. The molecule has 0 atom stereocenters. The van der Waals surface area contributed by atoms with Crippen LogP contribution in [0.15, 0.2) is 90.1 Å². The summed E-state index contributed by atoms with van der Waals surface area (Å²) in [7, 11) is 0. The standard InChI is InChI=1S/C30H22N6O2/c1-18-13-21(38-20-6-2-5-19(14-20)16-31)10-11-28(18)36-30(32)24(17-34-36)29(37)27-15-23-22(25-9-4-12-33-25)7-3-8-26(23)35-27/h2-11,13-15,17,35H,12,32H2,1H3. The van der Waals surface area contributed by atoms with Crippen molar-refractivity contribution in [2.75, 3.05) is 12.3 Å². The molecule has 5 aromatic rings. The number of rotatable bonds is 6. The first-order chi connectivity index (χ1) is 18.5. The van der Waals surface area contributed by atoms with Gasteiger partial charge in [-0.15, -0.1) is 0 Å². The number of ketones is 1. The molecule has 2 aromatic heterocycles. The lowest BCUT2D eigenvalue weighted by Gasteiger charge is -2.11. The smallest absolute Gasteiger partial charge is 0.214 e. The van der Waals surface area contributed by atoms with E-state index in [1.54, 1.807) is 35.0 Å². The maximum absolute atomic E-state index is 13.5. The molecule has 3 N–H and O–H groups in total. The van der Waals surface area contributed by atoms with Crippen LogP contribution in [0.4, 0.5) is 5.82 Å². The minimum absolute atomic E-state index is 0.241. The van der Waals surface area contributed by atoms with Crippen molar-refractivity contribution < 1.29 is 9.53 Å². The Labute approximate surface area is 218 Å². The molecule has 0 unspecified atom stereocenters. The fourth-order valence-electron chi connectivity index (χ4n) is 4.61. The third-order valence-corrected chi connectivity index (χ3v) is 6.47. The zero-order valence-electron chi connectivity index (χ0n) is 20.5. The van der Waals surface area contributed by atoms with Gasteiger partial charge in [0, 0.05) is 16.5 Å². The van der Waals surface area contributed by atoms with Crippen LogP contribution in [-0.2, 0) is 0 Å². The van der Waals surface area contributed by atoms with Crippen LogP contribution in [0, 0.1) is 18.3 Å². The maximum Gasteiger partial charge on any atom is 0.214 e. The van der Waals surface area contributed by atoms with Crippen molar-refractivity contribution in [3.8, 4) is 23.3 Å². The number of carbonyl (C=O) groups is 1. The minimum atomic E-state index is -0.241. The van der Waals surface area contributed by atoms with E-state index in [9.17, 15) is 4.79 Å². The number of benzene rings is 3. The second kappa shape index (κ2) is 9.22. The van der Waals surface area contributed by atoms with Crippen LogP contribution in [0.5, 0.6) is 11.5 Å². The number of H-pyrrole nitrogens is 1. The van der Waals surface area contributed by atoms with E-state index in [2.05, 4.69) is 21.1 Å². The van der Waals surface area contributed by atoms with Crippen molar-refractivity contribution in [2.45, 2.75) is 6.92 Å². The summed E-state index contributed by atoms with van der Waals surface area (Å²) in [5, 5.41) is 14.5. The third kappa shape index (κ3) is 4.02. The summed E-state index contributed by atoms with van der Waals surface area (Å²) in [5.41, 5.74) is 12.0. The van der Waals surface area contributed by atoms with Crippen molar-refractivity contribution in [3.05, 3.63) is 113 Å². The zero-order valence-corrected chi connectivity index (χ0v) is 20.5. The number of nitrogens with one attached hydrogen (secondary N) is 1. The Hall–Kier alpha value is -5.42. The first-order valence-electron chi connectivity index (χ1n) is 12.0. The summed E-state index contributed by atoms with van der Waals surface area (Å²) >= 11 is 0. The number of aryl methyl sites for hydroxylation is 1. The molecule has 3 heterocycles. The molecular formula is C30H22N6O2. The Morgan fingerprint density at radius 1 is 1.11 bits per heavy atom. The number of carbonyl (C=O) groups excluding carboxylic acids is 1. The number of nitrogen functional groups attached to an aromatic ring is 1. The highest BCUT2D eigenvalue weighted by Crippen LogP contribution is 2.29. The number of nitrogens with zero attached hydrogens (tertiary/aromatic N) is 4. The van der Waals surface area contributed by atoms with Gasteiger partial charge < -0.3 is 15.5 Å². The Bertz CT molecular complexity index is 1830. The van der Waals surface area contributed by atoms with Crippen molar-refractivity contribution in [1.29, 1.82) is 5.26 Å². The van der Waals surface area contributed by atoms with Gasteiger partial charge in [-0.2, -0.15) is 10.4 Å². The number of allylic oxidation sites excluding steroid dienone is 1. The maximum atomic E-state index is 13.5. The second-order valence-electron chi connectivity index (χ2n) is 8.95. The zero-order chi connectivity index (χ0) is 26.2. The molecular weight excluding hydrogens is 476 g/mol. The number of aromatic amines is 1. The second-order valence-corrected chi connectivity index (χ2v) is 8.95. The number of fused-ring (bicyclic) bond motifs is 1. The lowest BCUT2D eigenvalue weighted by Crippen LogP contribution is -2.08. The molecule has 0 aliphatic carbocycles. The average molecular weight is 499 g/mol. The highest BCUT2D eigenvalue weighted by atomic mass is 16.5. The molecule has 8 nitrogen and oxygen atoms in total. The van der Waals surface area contributed by atoms with Gasteiger partial charge in [0.25, 0.3) is 0 Å². The van der Waals surface area contributed by atoms with Crippen LogP contribution in [0.3, 0.4) is 0 Å². The Morgan fingerprint density at radius 2 is 1.95 bits per heavy atom. The van der Waals surface area contributed by atoms with E-state index in [4.69, 9.17) is 15.7 Å². The summed E-state index contributed by atoms with van der Waals surface area (Å²) in [5.74, 6) is 1.18. The molecule has 1 aliphatic rings. The number of aromatic nitrogens is 3. The van der Waals surface area contributed by atoms with Crippen LogP contribution in [0.25, 0.3) is 16.6 Å². The van der Waals surface area contributed by atoms with E-state index < -0.39 is 0 Å². The van der Waals surface area contributed by atoms with Gasteiger partial charge in [0.05, 0.1) is 47.0 Å². The first kappa shape index (κ1) is 23.0. The summed E-state index contributed by atoms with van der Waals surface area (Å²) in [4.78, 5) is 21.2. The number of ether oxygens (including phenoxy) is 1. The normalized spacial score (nSPS) is 12.5. The lowest BCUT2D eigenvalue weighted by atomic mass is 10.0. The van der Waals surface area contributed by atoms with Crippen LogP contribution in [0.2, 0.25) is 0 Å². The molecule has 3 aromatic carbocycles. The van der Waals surface area contributed by atoms with E-state index in [0.717, 1.165) is 33.4 Å². The molecule has 8 heteroatoms. The largest absolute Gasteiger partial charge is 0.457 e. The molecule has 1 aliphatic heterocycles. The number of hydrogen-bond acceptors (Lipinski definition) is 6. The van der Waals surface area contributed by atoms with E-state index >= 15 is 0 Å². The quantitative estimate of drug-likeness (QED) is 0.299. The fraction of sp³-hybridized carbons (Fsp3) is 0.0667. The van der Waals surface area contributed by atoms with Crippen molar-refractivity contribution in [1.82, 2.24) is 14.8 Å². The number of nitriles is 1. The Kier molecular flexibility index (Phi) is 5.59. The molecule has 0 saturated heterocycles. The molecule has 0 amide bonds. The lowest BCUT2D eigenvalue weighted by molar-refractivity contribution is 0.103. The van der Waals surface area contributed by atoms with Gasteiger partial charge in [0.15, 0.2) is 0 Å². The van der Waals surface area contributed by atoms with Gasteiger partial charge in [0.1, 0.15) is 17.3 Å². The molecule has 0 bridgehead atoms. The van der Waals surface area contributed by atoms with E-state index in [1.165, 1.54) is 6.20 Å². The molecule has 38 heavy (non-hydrogen) atoms. The van der Waals surface area contributed by atoms with Crippen molar-refractivity contribution in [2.24, 2.45) is 4.99 Å². The van der Waals surface area contributed by atoms with Gasteiger partial charge in [-0.25, -0.2) is 4.68 Å². The van der Waals surface area contributed by atoms with Crippen LogP contribution < -0.4 is 10.5 Å². The number of hydrogen-bond donors (Lipinski definition) is 2. The molecule has 0 radical (unpaired) electrons. The number of aliphatic imine (C=N–C) groups is 1. The van der Waals surface area contributed by atoms with Crippen molar-refractivity contribution in [3.63, 3.8) is 0 Å². The summed E-state index contributed by atoms with van der Waals surface area (Å²) in [6, 6.07) is 22.3. The number of anilines is 1. The first-order valence-corrected chi connectivity index (χ1v) is 12.0. The summed E-state index contributed by atoms with van der Waals surface area (Å²) < 4.78 is 7.47. The Balaban J connectivity index is 1.29. The monoisotopic (exact) mass is 498 g/mol. The highest BCUT2D eigenvalue weighted by Gasteiger charge is 2.21. The molecule has 0 saturated carbocycles. The van der Waals surface area contributed by atoms with E-state index in [1.807, 2.05) is 55.5 Å². The van der Waals surface area contributed by atoms with Gasteiger partial charge in [-0.1, -0.05) is 24.3 Å².